The van der Waals surface area contributed by atoms with Crippen LogP contribution in [-0.4, -0.2) is 22.9 Å². The summed E-state index contributed by atoms with van der Waals surface area (Å²) in [4.78, 5) is 21.6. The molecule has 0 fully saturated rings. The van der Waals surface area contributed by atoms with Crippen molar-refractivity contribution in [2.75, 3.05) is 0 Å². The van der Waals surface area contributed by atoms with Crippen LogP contribution >= 0.6 is 0 Å². The average molecular weight is 187 g/mol. The first-order valence-corrected chi connectivity index (χ1v) is 4.50. The van der Waals surface area contributed by atoms with Crippen molar-refractivity contribution in [1.29, 1.82) is 0 Å². The maximum atomic E-state index is 11.3. The highest BCUT2D eigenvalue weighted by Crippen LogP contribution is 2.07. The predicted octanol–water partition coefficient (Wildman–Crippen LogP) is 0.794. The Morgan fingerprint density at radius 3 is 2.38 bits per heavy atom. The molecule has 4 heteroatoms. The Kier molecular flexibility index (Phi) is 5.30. The van der Waals surface area contributed by atoms with Crippen LogP contribution in [0.5, 0.6) is 0 Å². The molecule has 0 heterocycles. The second kappa shape index (κ2) is 5.70. The molecule has 0 saturated carbocycles. The number of hydrogen-bond acceptors (Lipinski definition) is 3. The normalized spacial score (nSPS) is 15.0. The zero-order chi connectivity index (χ0) is 10.4. The van der Waals surface area contributed by atoms with Crippen molar-refractivity contribution in [1.82, 2.24) is 0 Å². The number of ketones is 1. The molecular weight excluding hydrogens is 170 g/mol. The highest BCUT2D eigenvalue weighted by atomic mass is 16.4. The topological polar surface area (TPSA) is 80.4 Å². The number of carboxylic acids is 1. The van der Waals surface area contributed by atoms with Crippen LogP contribution in [0.25, 0.3) is 0 Å². The van der Waals surface area contributed by atoms with E-state index in [1.54, 1.807) is 0 Å². The minimum Gasteiger partial charge on any atom is -0.480 e. The summed E-state index contributed by atoms with van der Waals surface area (Å²) in [5.74, 6) is -0.933. The fourth-order valence-corrected chi connectivity index (χ4v) is 0.895. The fourth-order valence-electron chi connectivity index (χ4n) is 0.895. The zero-order valence-corrected chi connectivity index (χ0v) is 8.12. The van der Waals surface area contributed by atoms with Gasteiger partial charge in [-0.2, -0.15) is 0 Å². The van der Waals surface area contributed by atoms with Crippen molar-refractivity contribution < 1.29 is 14.7 Å². The molecule has 3 N–H and O–H groups in total. The third-order valence-corrected chi connectivity index (χ3v) is 2.18. The van der Waals surface area contributed by atoms with Crippen molar-refractivity contribution in [3.8, 4) is 0 Å². The van der Waals surface area contributed by atoms with Crippen LogP contribution in [0.1, 0.15) is 33.1 Å². The van der Waals surface area contributed by atoms with Gasteiger partial charge in [0.2, 0.25) is 0 Å². The van der Waals surface area contributed by atoms with Crippen molar-refractivity contribution in [3.05, 3.63) is 0 Å². The van der Waals surface area contributed by atoms with Gasteiger partial charge in [-0.25, -0.2) is 0 Å². The van der Waals surface area contributed by atoms with Crippen LogP contribution in [0.2, 0.25) is 0 Å². The number of carbonyl (C=O) groups is 2. The summed E-state index contributed by atoms with van der Waals surface area (Å²) < 4.78 is 0. The predicted molar refractivity (Wildman–Crippen MR) is 49.3 cm³/mol. The van der Waals surface area contributed by atoms with Gasteiger partial charge in [-0.3, -0.25) is 9.59 Å². The minimum absolute atomic E-state index is 0.0148. The van der Waals surface area contributed by atoms with Crippen LogP contribution in [0.3, 0.4) is 0 Å². The lowest BCUT2D eigenvalue weighted by Gasteiger charge is -2.08. The number of nitrogens with two attached hydrogens (primary N) is 1. The van der Waals surface area contributed by atoms with Gasteiger partial charge in [0.05, 0.1) is 0 Å². The zero-order valence-electron chi connectivity index (χ0n) is 8.12. The number of Topliss-reactive ketones (excluding diaryl/α,β-unsaturated/α-hetero) is 1. The molecule has 0 aromatic rings. The molecule has 13 heavy (non-hydrogen) atoms. The Morgan fingerprint density at radius 2 is 2.00 bits per heavy atom. The molecular formula is C9H17NO3. The van der Waals surface area contributed by atoms with Gasteiger partial charge in [0.15, 0.2) is 0 Å². The Hall–Kier alpha value is -0.900. The summed E-state index contributed by atoms with van der Waals surface area (Å²) in [5, 5.41) is 8.45. The standard InChI is InChI=1S/C9H17NO3/c1-3-6(2)8(11)5-4-7(10)9(12)13/h6-7H,3-5,10H2,1-2H3,(H,12,13)/t6?,7-/m0/s1. The van der Waals surface area contributed by atoms with E-state index in [1.165, 1.54) is 0 Å². The second-order valence-corrected chi connectivity index (χ2v) is 3.26. The Morgan fingerprint density at radius 1 is 1.46 bits per heavy atom. The fraction of sp³-hybridized carbons (Fsp3) is 0.778. The number of carboxylic acid groups (broad SMARTS) is 1. The highest BCUT2D eigenvalue weighted by molar-refractivity contribution is 5.81. The van der Waals surface area contributed by atoms with Gasteiger partial charge >= 0.3 is 5.97 Å². The van der Waals surface area contributed by atoms with Crippen LogP contribution in [-0.2, 0) is 9.59 Å². The van der Waals surface area contributed by atoms with Gasteiger partial charge < -0.3 is 10.8 Å². The van der Waals surface area contributed by atoms with E-state index in [9.17, 15) is 9.59 Å². The Balaban J connectivity index is 3.76. The molecule has 0 aromatic carbocycles. The molecule has 4 nitrogen and oxygen atoms in total. The van der Waals surface area contributed by atoms with Crippen LogP contribution in [0, 0.1) is 5.92 Å². The third kappa shape index (κ3) is 4.62. The summed E-state index contributed by atoms with van der Waals surface area (Å²) >= 11 is 0. The highest BCUT2D eigenvalue weighted by Gasteiger charge is 2.16. The maximum Gasteiger partial charge on any atom is 0.320 e. The molecule has 76 valence electrons. The first-order valence-electron chi connectivity index (χ1n) is 4.50. The molecule has 0 aromatic heterocycles. The maximum absolute atomic E-state index is 11.3. The smallest absolute Gasteiger partial charge is 0.320 e. The van der Waals surface area contributed by atoms with Gasteiger partial charge in [-0.05, 0) is 12.8 Å². The van der Waals surface area contributed by atoms with E-state index >= 15 is 0 Å². The van der Waals surface area contributed by atoms with E-state index in [0.717, 1.165) is 6.42 Å². The Labute approximate surface area is 78.1 Å². The quantitative estimate of drug-likeness (QED) is 0.644. The molecule has 0 radical (unpaired) electrons. The Bertz CT molecular complexity index is 191. The van der Waals surface area contributed by atoms with Crippen molar-refractivity contribution in [2.45, 2.75) is 39.2 Å². The van der Waals surface area contributed by atoms with Crippen molar-refractivity contribution >= 4 is 11.8 Å². The number of carbonyl (C=O) groups excluding carboxylic acids is 1. The van der Waals surface area contributed by atoms with E-state index in [1.807, 2.05) is 13.8 Å². The van der Waals surface area contributed by atoms with Crippen LogP contribution in [0.4, 0.5) is 0 Å². The van der Waals surface area contributed by atoms with E-state index in [0.29, 0.717) is 0 Å². The number of aliphatic carboxylic acids is 1. The van der Waals surface area contributed by atoms with Gasteiger partial charge in [0.25, 0.3) is 0 Å². The number of rotatable bonds is 6. The lowest BCUT2D eigenvalue weighted by Crippen LogP contribution is -2.31. The third-order valence-electron chi connectivity index (χ3n) is 2.18. The van der Waals surface area contributed by atoms with E-state index in [-0.39, 0.29) is 24.5 Å². The van der Waals surface area contributed by atoms with Gasteiger partial charge in [-0.15, -0.1) is 0 Å². The lowest BCUT2D eigenvalue weighted by molar-refractivity contribution is -0.138. The van der Waals surface area contributed by atoms with E-state index in [4.69, 9.17) is 10.8 Å². The first-order chi connectivity index (χ1) is 5.99. The van der Waals surface area contributed by atoms with E-state index < -0.39 is 12.0 Å². The molecule has 0 aliphatic heterocycles. The van der Waals surface area contributed by atoms with Gasteiger partial charge in [0.1, 0.15) is 11.8 Å². The van der Waals surface area contributed by atoms with Crippen LogP contribution < -0.4 is 5.73 Å². The SMILES string of the molecule is CCC(C)C(=O)CC[C@H](N)C(=O)O. The molecule has 1 unspecified atom stereocenters. The summed E-state index contributed by atoms with van der Waals surface area (Å²) in [7, 11) is 0. The van der Waals surface area contributed by atoms with Crippen molar-refractivity contribution in [2.24, 2.45) is 11.7 Å². The van der Waals surface area contributed by atoms with Gasteiger partial charge in [-0.1, -0.05) is 13.8 Å². The largest absolute Gasteiger partial charge is 0.480 e. The first kappa shape index (κ1) is 12.1. The molecule has 0 aliphatic rings. The molecule has 0 amide bonds. The second-order valence-electron chi connectivity index (χ2n) is 3.26. The summed E-state index contributed by atoms with van der Waals surface area (Å²) in [6.07, 6.45) is 1.29. The summed E-state index contributed by atoms with van der Waals surface area (Å²) in [5.41, 5.74) is 5.25. The number of hydrogen-bond donors (Lipinski definition) is 2. The van der Waals surface area contributed by atoms with Crippen molar-refractivity contribution in [3.63, 3.8) is 0 Å². The minimum atomic E-state index is -1.04. The molecule has 0 rings (SSSR count). The van der Waals surface area contributed by atoms with Crippen LogP contribution in [0.15, 0.2) is 0 Å². The molecule has 2 atom stereocenters. The summed E-state index contributed by atoms with van der Waals surface area (Å²) in [6.45, 7) is 3.77. The van der Waals surface area contributed by atoms with E-state index in [2.05, 4.69) is 0 Å². The molecule has 0 saturated heterocycles. The summed E-state index contributed by atoms with van der Waals surface area (Å²) in [6, 6.07) is -0.909. The molecule has 0 bridgehead atoms. The molecule has 0 spiro atoms. The van der Waals surface area contributed by atoms with Gasteiger partial charge in [0, 0.05) is 12.3 Å². The molecule has 0 aliphatic carbocycles. The lowest BCUT2D eigenvalue weighted by atomic mass is 9.98. The monoisotopic (exact) mass is 187 g/mol. The average Bonchev–Trinajstić information content (AvgIpc) is 2.11.